The maximum Gasteiger partial charge on any atom is 0.301 e. The van der Waals surface area contributed by atoms with Gasteiger partial charge in [-0.3, -0.25) is 14.5 Å². The number of halogens is 1. The molecule has 1 fully saturated rings. The van der Waals surface area contributed by atoms with E-state index in [2.05, 4.69) is 4.98 Å². The second-order valence-corrected chi connectivity index (χ2v) is 8.44. The molecule has 7 heteroatoms. The summed E-state index contributed by atoms with van der Waals surface area (Å²) in [4.78, 5) is 32.2. The maximum absolute atomic E-state index is 13.2. The lowest BCUT2D eigenvalue weighted by atomic mass is 9.95. The highest BCUT2D eigenvalue weighted by Gasteiger charge is 2.48. The number of fused-ring (bicyclic) bond motifs is 1. The van der Waals surface area contributed by atoms with Crippen LogP contribution in [-0.4, -0.2) is 21.8 Å². The number of thiazole rings is 1. The fraction of sp³-hybridized carbons (Fsp3) is 0.0417. The van der Waals surface area contributed by atoms with Crippen LogP contribution in [0.2, 0.25) is 5.02 Å². The summed E-state index contributed by atoms with van der Waals surface area (Å²) in [6.07, 6.45) is 0. The third-order valence-electron chi connectivity index (χ3n) is 5.18. The van der Waals surface area contributed by atoms with Crippen LogP contribution in [0.1, 0.15) is 17.2 Å². The number of aromatic nitrogens is 1. The van der Waals surface area contributed by atoms with Crippen molar-refractivity contribution >= 4 is 55.7 Å². The molecule has 31 heavy (non-hydrogen) atoms. The Morgan fingerprint density at radius 3 is 2.35 bits per heavy atom. The van der Waals surface area contributed by atoms with E-state index in [-0.39, 0.29) is 11.3 Å². The van der Waals surface area contributed by atoms with Crippen molar-refractivity contribution in [1.29, 1.82) is 0 Å². The molecular formula is C24H15ClN2O3S. The molecule has 152 valence electrons. The number of Topliss-reactive ketones (excluding diaryl/α,β-unsaturated/α-hetero) is 1. The van der Waals surface area contributed by atoms with Crippen LogP contribution < -0.4 is 4.90 Å². The summed E-state index contributed by atoms with van der Waals surface area (Å²) in [7, 11) is 0. The SMILES string of the molecule is O=C1C(=O)N(c2nc3ccccc3s2)C(c2ccccc2Cl)/C1=C(\O)c1ccccc1. The van der Waals surface area contributed by atoms with E-state index in [0.717, 1.165) is 10.2 Å². The molecule has 1 saturated heterocycles. The van der Waals surface area contributed by atoms with Crippen molar-refractivity contribution in [2.24, 2.45) is 0 Å². The molecule has 0 aliphatic carbocycles. The summed E-state index contributed by atoms with van der Waals surface area (Å²) in [5.74, 6) is -1.76. The number of rotatable bonds is 3. The molecule has 5 rings (SSSR count). The van der Waals surface area contributed by atoms with E-state index >= 15 is 0 Å². The Labute approximate surface area is 186 Å². The monoisotopic (exact) mass is 446 g/mol. The molecule has 1 N–H and O–H groups in total. The third kappa shape index (κ3) is 3.21. The van der Waals surface area contributed by atoms with Gasteiger partial charge >= 0.3 is 5.91 Å². The second-order valence-electron chi connectivity index (χ2n) is 7.02. The number of benzene rings is 3. The lowest BCUT2D eigenvalue weighted by Crippen LogP contribution is -2.29. The molecule has 4 aromatic rings. The largest absolute Gasteiger partial charge is 0.507 e. The van der Waals surface area contributed by atoms with Gasteiger partial charge in [-0.1, -0.05) is 83.6 Å². The lowest BCUT2D eigenvalue weighted by Gasteiger charge is -2.23. The first-order valence-corrected chi connectivity index (χ1v) is 10.7. The molecule has 0 spiro atoms. The Kier molecular flexibility index (Phi) is 4.81. The van der Waals surface area contributed by atoms with Gasteiger partial charge in [0.2, 0.25) is 0 Å². The molecule has 1 aliphatic rings. The van der Waals surface area contributed by atoms with E-state index in [4.69, 9.17) is 11.6 Å². The first kappa shape index (κ1) is 19.5. The topological polar surface area (TPSA) is 70.5 Å². The van der Waals surface area contributed by atoms with E-state index in [1.807, 2.05) is 30.3 Å². The lowest BCUT2D eigenvalue weighted by molar-refractivity contribution is -0.132. The van der Waals surface area contributed by atoms with Gasteiger partial charge in [0, 0.05) is 10.6 Å². The Hall–Kier alpha value is -3.48. The Bertz CT molecular complexity index is 1330. The van der Waals surface area contributed by atoms with Crippen molar-refractivity contribution in [2.75, 3.05) is 4.90 Å². The minimum Gasteiger partial charge on any atom is -0.507 e. The van der Waals surface area contributed by atoms with Crippen molar-refractivity contribution in [3.8, 4) is 0 Å². The highest BCUT2D eigenvalue weighted by molar-refractivity contribution is 7.22. The normalized spacial score (nSPS) is 18.1. The van der Waals surface area contributed by atoms with Crippen molar-refractivity contribution < 1.29 is 14.7 Å². The van der Waals surface area contributed by atoms with Gasteiger partial charge in [0.15, 0.2) is 5.13 Å². The summed E-state index contributed by atoms with van der Waals surface area (Å²) in [6, 6.07) is 22.3. The average molecular weight is 447 g/mol. The standard InChI is InChI=1S/C24H15ClN2O3S/c25-16-11-5-4-10-15(16)20-19(21(28)14-8-2-1-3-9-14)22(29)23(30)27(20)24-26-17-12-6-7-13-18(17)31-24/h1-13,20,28H/b21-19+. The number of anilines is 1. The van der Waals surface area contributed by atoms with Crippen molar-refractivity contribution in [3.05, 3.63) is 101 Å². The summed E-state index contributed by atoms with van der Waals surface area (Å²) < 4.78 is 0.889. The molecule has 1 aromatic heterocycles. The molecular weight excluding hydrogens is 432 g/mol. The quantitative estimate of drug-likeness (QED) is 0.253. The van der Waals surface area contributed by atoms with Crippen LogP contribution in [0.4, 0.5) is 5.13 Å². The van der Waals surface area contributed by atoms with E-state index in [1.165, 1.54) is 16.2 Å². The fourth-order valence-electron chi connectivity index (χ4n) is 3.74. The van der Waals surface area contributed by atoms with Crippen LogP contribution in [0.3, 0.4) is 0 Å². The Morgan fingerprint density at radius 1 is 0.935 bits per heavy atom. The predicted octanol–water partition coefficient (Wildman–Crippen LogP) is 5.58. The summed E-state index contributed by atoms with van der Waals surface area (Å²) >= 11 is 7.79. The highest BCUT2D eigenvalue weighted by Crippen LogP contribution is 2.45. The van der Waals surface area contributed by atoms with Crippen LogP contribution in [-0.2, 0) is 9.59 Å². The molecule has 1 aliphatic heterocycles. The number of para-hydroxylation sites is 1. The van der Waals surface area contributed by atoms with Crippen LogP contribution in [0.15, 0.2) is 84.4 Å². The van der Waals surface area contributed by atoms with Crippen LogP contribution in [0.25, 0.3) is 16.0 Å². The average Bonchev–Trinajstić information content (AvgIpc) is 3.33. The molecule has 5 nitrogen and oxygen atoms in total. The first-order chi connectivity index (χ1) is 15.1. The molecule has 3 aromatic carbocycles. The number of amides is 1. The zero-order chi connectivity index (χ0) is 21.5. The van der Waals surface area contributed by atoms with Crippen molar-refractivity contribution in [3.63, 3.8) is 0 Å². The van der Waals surface area contributed by atoms with Crippen LogP contribution >= 0.6 is 22.9 Å². The Balaban J connectivity index is 1.77. The molecule has 0 radical (unpaired) electrons. The minimum atomic E-state index is -0.894. The van der Waals surface area contributed by atoms with E-state index in [1.54, 1.807) is 48.5 Å². The van der Waals surface area contributed by atoms with E-state index in [0.29, 0.717) is 21.3 Å². The van der Waals surface area contributed by atoms with Gasteiger partial charge in [-0.2, -0.15) is 0 Å². The number of aliphatic hydroxyl groups excluding tert-OH is 1. The van der Waals surface area contributed by atoms with E-state index in [9.17, 15) is 14.7 Å². The molecule has 0 saturated carbocycles. The van der Waals surface area contributed by atoms with Gasteiger partial charge in [0.25, 0.3) is 5.78 Å². The Morgan fingerprint density at radius 2 is 1.61 bits per heavy atom. The predicted molar refractivity (Wildman–Crippen MR) is 122 cm³/mol. The van der Waals surface area contributed by atoms with Crippen molar-refractivity contribution in [2.45, 2.75) is 6.04 Å². The van der Waals surface area contributed by atoms with Crippen molar-refractivity contribution in [1.82, 2.24) is 4.98 Å². The van der Waals surface area contributed by atoms with Gasteiger partial charge in [0.05, 0.1) is 21.8 Å². The fourth-order valence-corrected chi connectivity index (χ4v) is 4.97. The number of ketones is 1. The number of hydrogen-bond donors (Lipinski definition) is 1. The number of carbonyl (C=O) groups is 2. The second kappa shape index (κ2) is 7.65. The van der Waals surface area contributed by atoms with Crippen LogP contribution in [0.5, 0.6) is 0 Å². The minimum absolute atomic E-state index is 0.0106. The smallest absolute Gasteiger partial charge is 0.301 e. The molecule has 1 atom stereocenters. The summed E-state index contributed by atoms with van der Waals surface area (Å²) in [5, 5.41) is 11.8. The first-order valence-electron chi connectivity index (χ1n) is 9.52. The molecule has 1 unspecified atom stereocenters. The summed E-state index contributed by atoms with van der Waals surface area (Å²) in [6.45, 7) is 0. The number of hydrogen-bond acceptors (Lipinski definition) is 5. The number of carbonyl (C=O) groups excluding carboxylic acids is 2. The van der Waals surface area contributed by atoms with Gasteiger partial charge in [-0.15, -0.1) is 0 Å². The highest BCUT2D eigenvalue weighted by atomic mass is 35.5. The zero-order valence-corrected chi connectivity index (χ0v) is 17.6. The molecule has 1 amide bonds. The van der Waals surface area contributed by atoms with E-state index < -0.39 is 17.7 Å². The third-order valence-corrected chi connectivity index (χ3v) is 6.56. The number of aliphatic hydroxyl groups is 1. The van der Waals surface area contributed by atoms with Gasteiger partial charge < -0.3 is 5.11 Å². The zero-order valence-electron chi connectivity index (χ0n) is 16.0. The van der Waals surface area contributed by atoms with Gasteiger partial charge in [-0.05, 0) is 23.8 Å². The number of nitrogens with zero attached hydrogens (tertiary/aromatic N) is 2. The van der Waals surface area contributed by atoms with Gasteiger partial charge in [0.1, 0.15) is 5.76 Å². The van der Waals surface area contributed by atoms with Crippen LogP contribution in [0, 0.1) is 0 Å². The maximum atomic E-state index is 13.2. The summed E-state index contributed by atoms with van der Waals surface area (Å²) in [5.41, 5.74) is 1.70. The molecule has 0 bridgehead atoms. The van der Waals surface area contributed by atoms with Gasteiger partial charge in [-0.25, -0.2) is 4.98 Å². The molecule has 2 heterocycles.